The van der Waals surface area contributed by atoms with Crippen LogP contribution in [0.15, 0.2) is 5.03 Å². The smallest absolute Gasteiger partial charge is 0.340 e. The number of aromatic carboxylic acids is 1. The van der Waals surface area contributed by atoms with Gasteiger partial charge >= 0.3 is 5.97 Å². The molecular weight excluding hydrogens is 288 g/mol. The predicted octanol–water partition coefficient (Wildman–Crippen LogP) is 1.13. The van der Waals surface area contributed by atoms with Crippen LogP contribution >= 0.6 is 11.8 Å². The van der Waals surface area contributed by atoms with Gasteiger partial charge < -0.3 is 10.0 Å². The standard InChI is InChI=1S/C14H22N4O2S/c1-10-12(14(19)20)13(16-11(2)15-10)21-9-8-18-6-4-17(3)5-7-18/h4-9H2,1-3H3,(H,19,20). The molecule has 1 aromatic heterocycles. The fourth-order valence-corrected chi connectivity index (χ4v) is 3.49. The summed E-state index contributed by atoms with van der Waals surface area (Å²) in [6.07, 6.45) is 0. The minimum absolute atomic E-state index is 0.240. The van der Waals surface area contributed by atoms with Gasteiger partial charge in [-0.05, 0) is 20.9 Å². The number of hydrogen-bond donors (Lipinski definition) is 1. The average Bonchev–Trinajstić information content (AvgIpc) is 2.39. The van der Waals surface area contributed by atoms with Gasteiger partial charge in [-0.15, -0.1) is 11.8 Å². The molecule has 7 heteroatoms. The minimum Gasteiger partial charge on any atom is -0.478 e. The van der Waals surface area contributed by atoms with E-state index in [1.807, 2.05) is 0 Å². The Bertz CT molecular complexity index is 516. The van der Waals surface area contributed by atoms with Crippen molar-refractivity contribution >= 4 is 17.7 Å². The fourth-order valence-electron chi connectivity index (χ4n) is 2.37. The van der Waals surface area contributed by atoms with E-state index in [9.17, 15) is 9.90 Å². The molecule has 1 fully saturated rings. The summed E-state index contributed by atoms with van der Waals surface area (Å²) in [4.78, 5) is 24.5. The average molecular weight is 310 g/mol. The van der Waals surface area contributed by atoms with E-state index in [0.29, 0.717) is 16.5 Å². The Morgan fingerprint density at radius 1 is 1.24 bits per heavy atom. The first-order chi connectivity index (χ1) is 9.97. The van der Waals surface area contributed by atoms with Crippen LogP contribution in [0.25, 0.3) is 0 Å². The van der Waals surface area contributed by atoms with E-state index in [-0.39, 0.29) is 5.56 Å². The lowest BCUT2D eigenvalue weighted by Crippen LogP contribution is -2.45. The number of carboxylic acid groups (broad SMARTS) is 1. The van der Waals surface area contributed by atoms with Crippen LogP contribution in [0.4, 0.5) is 0 Å². The van der Waals surface area contributed by atoms with Crippen molar-refractivity contribution < 1.29 is 9.90 Å². The van der Waals surface area contributed by atoms with E-state index in [1.54, 1.807) is 13.8 Å². The van der Waals surface area contributed by atoms with E-state index < -0.39 is 5.97 Å². The third kappa shape index (κ3) is 4.39. The zero-order valence-electron chi connectivity index (χ0n) is 12.8. The van der Waals surface area contributed by atoms with Gasteiger partial charge in [0, 0.05) is 38.5 Å². The summed E-state index contributed by atoms with van der Waals surface area (Å²) in [5.41, 5.74) is 0.779. The molecule has 6 nitrogen and oxygen atoms in total. The molecule has 1 aromatic rings. The van der Waals surface area contributed by atoms with Gasteiger partial charge in [0.25, 0.3) is 0 Å². The third-order valence-electron chi connectivity index (χ3n) is 3.62. The lowest BCUT2D eigenvalue weighted by molar-refractivity contribution is 0.0690. The molecule has 0 radical (unpaired) electrons. The summed E-state index contributed by atoms with van der Waals surface area (Å²) in [7, 11) is 2.14. The molecule has 0 aromatic carbocycles. The molecule has 0 spiro atoms. The molecule has 0 bridgehead atoms. The van der Waals surface area contributed by atoms with Crippen LogP contribution in [0.3, 0.4) is 0 Å². The molecular formula is C14H22N4O2S. The molecule has 116 valence electrons. The molecule has 1 N–H and O–H groups in total. The highest BCUT2D eigenvalue weighted by Gasteiger charge is 2.18. The molecule has 1 aliphatic heterocycles. The first kappa shape index (κ1) is 16.2. The van der Waals surface area contributed by atoms with Crippen LogP contribution in [-0.4, -0.2) is 76.4 Å². The Labute approximate surface area is 129 Å². The first-order valence-corrected chi connectivity index (χ1v) is 8.08. The van der Waals surface area contributed by atoms with Crippen LogP contribution in [-0.2, 0) is 0 Å². The molecule has 1 aliphatic rings. The number of aromatic nitrogens is 2. The number of hydrogen-bond acceptors (Lipinski definition) is 6. The fraction of sp³-hybridized carbons (Fsp3) is 0.643. The maximum atomic E-state index is 11.3. The van der Waals surface area contributed by atoms with Gasteiger partial charge in [0.05, 0.1) is 5.69 Å². The Morgan fingerprint density at radius 2 is 1.90 bits per heavy atom. The van der Waals surface area contributed by atoms with E-state index in [4.69, 9.17) is 0 Å². The number of rotatable bonds is 5. The molecule has 0 aliphatic carbocycles. The highest BCUT2D eigenvalue weighted by molar-refractivity contribution is 7.99. The van der Waals surface area contributed by atoms with Gasteiger partial charge in [0.2, 0.25) is 0 Å². The molecule has 0 atom stereocenters. The Morgan fingerprint density at radius 3 is 2.52 bits per heavy atom. The largest absolute Gasteiger partial charge is 0.478 e. The van der Waals surface area contributed by atoms with Crippen molar-refractivity contribution in [3.63, 3.8) is 0 Å². The van der Waals surface area contributed by atoms with Crippen LogP contribution in [0.5, 0.6) is 0 Å². The maximum absolute atomic E-state index is 11.3. The quantitative estimate of drug-likeness (QED) is 0.646. The Hall–Kier alpha value is -1.18. The summed E-state index contributed by atoms with van der Waals surface area (Å²) >= 11 is 1.51. The Balaban J connectivity index is 1.95. The molecule has 2 rings (SSSR count). The van der Waals surface area contributed by atoms with E-state index in [1.165, 1.54) is 11.8 Å². The second kappa shape index (κ2) is 7.20. The lowest BCUT2D eigenvalue weighted by Gasteiger charge is -2.32. The normalized spacial score (nSPS) is 17.1. The van der Waals surface area contributed by atoms with Gasteiger partial charge in [-0.3, -0.25) is 4.90 Å². The second-order valence-corrected chi connectivity index (χ2v) is 6.42. The van der Waals surface area contributed by atoms with Gasteiger partial charge in [-0.25, -0.2) is 14.8 Å². The zero-order chi connectivity index (χ0) is 15.4. The molecule has 2 heterocycles. The van der Waals surface area contributed by atoms with Gasteiger partial charge in [0.1, 0.15) is 16.4 Å². The first-order valence-electron chi connectivity index (χ1n) is 7.09. The van der Waals surface area contributed by atoms with Gasteiger partial charge in [-0.2, -0.15) is 0 Å². The van der Waals surface area contributed by atoms with Gasteiger partial charge in [-0.1, -0.05) is 0 Å². The molecule has 21 heavy (non-hydrogen) atoms. The van der Waals surface area contributed by atoms with Crippen molar-refractivity contribution in [3.8, 4) is 0 Å². The Kier molecular flexibility index (Phi) is 5.55. The van der Waals surface area contributed by atoms with Gasteiger partial charge in [0.15, 0.2) is 0 Å². The van der Waals surface area contributed by atoms with Crippen molar-refractivity contribution in [2.75, 3.05) is 45.5 Å². The van der Waals surface area contributed by atoms with Crippen LogP contribution in [0, 0.1) is 13.8 Å². The number of carbonyl (C=O) groups is 1. The zero-order valence-corrected chi connectivity index (χ0v) is 13.6. The van der Waals surface area contributed by atoms with Crippen LogP contribution in [0.1, 0.15) is 21.9 Å². The molecule has 0 amide bonds. The number of nitrogens with zero attached hydrogens (tertiary/aromatic N) is 4. The maximum Gasteiger partial charge on any atom is 0.340 e. The number of piperazine rings is 1. The van der Waals surface area contributed by atoms with Crippen molar-refractivity contribution in [2.24, 2.45) is 0 Å². The summed E-state index contributed by atoms with van der Waals surface area (Å²) < 4.78 is 0. The molecule has 0 unspecified atom stereocenters. The highest BCUT2D eigenvalue weighted by Crippen LogP contribution is 2.23. The van der Waals surface area contributed by atoms with Crippen molar-refractivity contribution in [2.45, 2.75) is 18.9 Å². The van der Waals surface area contributed by atoms with E-state index in [2.05, 4.69) is 26.8 Å². The highest BCUT2D eigenvalue weighted by atomic mass is 32.2. The second-order valence-electron chi connectivity index (χ2n) is 5.33. The van der Waals surface area contributed by atoms with E-state index >= 15 is 0 Å². The van der Waals surface area contributed by atoms with Crippen molar-refractivity contribution in [1.29, 1.82) is 0 Å². The number of aryl methyl sites for hydroxylation is 2. The summed E-state index contributed by atoms with van der Waals surface area (Å²) in [6, 6.07) is 0. The predicted molar refractivity (Wildman–Crippen MR) is 83.1 cm³/mol. The number of likely N-dealkylation sites (N-methyl/N-ethyl adjacent to an activating group) is 1. The van der Waals surface area contributed by atoms with Crippen LogP contribution in [0.2, 0.25) is 0 Å². The SMILES string of the molecule is Cc1nc(C)c(C(=O)O)c(SCCN2CCN(C)CC2)n1. The monoisotopic (exact) mass is 310 g/mol. The molecule has 1 saturated heterocycles. The summed E-state index contributed by atoms with van der Waals surface area (Å²) in [5, 5.41) is 9.89. The third-order valence-corrected chi connectivity index (χ3v) is 4.58. The van der Waals surface area contributed by atoms with E-state index in [0.717, 1.165) is 38.5 Å². The van der Waals surface area contributed by atoms with Crippen molar-refractivity contribution in [1.82, 2.24) is 19.8 Å². The summed E-state index contributed by atoms with van der Waals surface area (Å²) in [5.74, 6) is 0.522. The van der Waals surface area contributed by atoms with Crippen LogP contribution < -0.4 is 0 Å². The number of thioether (sulfide) groups is 1. The minimum atomic E-state index is -0.949. The van der Waals surface area contributed by atoms with Crippen molar-refractivity contribution in [3.05, 3.63) is 17.1 Å². The molecule has 0 saturated carbocycles. The number of carboxylic acids is 1. The summed E-state index contributed by atoms with van der Waals surface area (Å²) in [6.45, 7) is 8.81. The topological polar surface area (TPSA) is 69.6 Å². The lowest BCUT2D eigenvalue weighted by atomic mass is 10.2.